The number of carbonyl (C=O) groups excluding carboxylic acids is 1. The zero-order chi connectivity index (χ0) is 14.8. The molecule has 0 saturated heterocycles. The van der Waals surface area contributed by atoms with Crippen LogP contribution in [0.25, 0.3) is 10.1 Å². The van der Waals surface area contributed by atoms with Gasteiger partial charge in [-0.15, -0.1) is 11.3 Å². The third-order valence-electron chi connectivity index (χ3n) is 3.07. The number of hydrogen-bond acceptors (Lipinski definition) is 4. The number of aromatic nitrogens is 1. The van der Waals surface area contributed by atoms with E-state index in [4.69, 9.17) is 11.6 Å². The van der Waals surface area contributed by atoms with Crippen molar-refractivity contribution in [2.75, 3.05) is 5.32 Å². The summed E-state index contributed by atoms with van der Waals surface area (Å²) in [5, 5.41) is 13.3. The Kier molecular flexibility index (Phi) is 3.88. The van der Waals surface area contributed by atoms with E-state index in [1.165, 1.54) is 17.5 Å². The molecule has 0 spiro atoms. The van der Waals surface area contributed by atoms with Crippen molar-refractivity contribution in [3.05, 3.63) is 58.2 Å². The lowest BCUT2D eigenvalue weighted by Gasteiger charge is -2.07. The average molecular weight is 319 g/mol. The topological polar surface area (TPSA) is 62.2 Å². The first-order valence-corrected chi connectivity index (χ1v) is 7.42. The highest BCUT2D eigenvalue weighted by atomic mass is 35.5. The molecule has 0 atom stereocenters. The standard InChI is InChI=1S/C15H11ClN2O2S/c16-13-10-3-1-2-4-12(10)21-14(13)15(20)18-11-7-17-6-5-9(11)8-19/h1-7,19H,8H2,(H,18,20). The fourth-order valence-corrected chi connectivity index (χ4v) is 3.43. The van der Waals surface area contributed by atoms with Gasteiger partial charge in [0.05, 0.1) is 23.5 Å². The van der Waals surface area contributed by atoms with Crippen LogP contribution in [0, 0.1) is 0 Å². The number of hydrogen-bond donors (Lipinski definition) is 2. The number of amides is 1. The molecule has 0 saturated carbocycles. The Morgan fingerprint density at radius 3 is 2.90 bits per heavy atom. The van der Waals surface area contributed by atoms with Crippen molar-refractivity contribution in [3.63, 3.8) is 0 Å². The largest absolute Gasteiger partial charge is 0.392 e. The third-order valence-corrected chi connectivity index (χ3v) is 4.75. The lowest BCUT2D eigenvalue weighted by Crippen LogP contribution is -2.12. The quantitative estimate of drug-likeness (QED) is 0.774. The summed E-state index contributed by atoms with van der Waals surface area (Å²) < 4.78 is 0.959. The third kappa shape index (κ3) is 2.63. The van der Waals surface area contributed by atoms with Crippen LogP contribution >= 0.6 is 22.9 Å². The van der Waals surface area contributed by atoms with E-state index in [0.29, 0.717) is 21.2 Å². The molecule has 3 rings (SSSR count). The molecule has 2 heterocycles. The number of nitrogens with one attached hydrogen (secondary N) is 1. The molecule has 4 nitrogen and oxygen atoms in total. The van der Waals surface area contributed by atoms with E-state index in [1.54, 1.807) is 12.3 Å². The Balaban J connectivity index is 1.96. The molecule has 1 aromatic carbocycles. The minimum absolute atomic E-state index is 0.168. The monoisotopic (exact) mass is 318 g/mol. The van der Waals surface area contributed by atoms with Gasteiger partial charge in [0.1, 0.15) is 4.88 Å². The molecule has 6 heteroatoms. The summed E-state index contributed by atoms with van der Waals surface area (Å²) in [6.07, 6.45) is 3.07. The second-order valence-electron chi connectivity index (χ2n) is 4.39. The van der Waals surface area contributed by atoms with Gasteiger partial charge in [-0.3, -0.25) is 9.78 Å². The molecule has 0 aliphatic carbocycles. The first-order valence-electron chi connectivity index (χ1n) is 6.23. The van der Waals surface area contributed by atoms with Crippen LogP contribution < -0.4 is 5.32 Å². The first kappa shape index (κ1) is 14.0. The molecule has 0 radical (unpaired) electrons. The van der Waals surface area contributed by atoms with Crippen molar-refractivity contribution in [1.29, 1.82) is 0 Å². The van der Waals surface area contributed by atoms with Crippen LogP contribution in [0.3, 0.4) is 0 Å². The van der Waals surface area contributed by atoms with E-state index in [2.05, 4.69) is 10.3 Å². The van der Waals surface area contributed by atoms with Crippen molar-refractivity contribution in [1.82, 2.24) is 4.98 Å². The highest BCUT2D eigenvalue weighted by Crippen LogP contribution is 2.35. The second kappa shape index (κ2) is 5.81. The van der Waals surface area contributed by atoms with Gasteiger partial charge in [0.25, 0.3) is 5.91 Å². The fraction of sp³-hybridized carbons (Fsp3) is 0.0667. The lowest BCUT2D eigenvalue weighted by atomic mass is 10.2. The second-order valence-corrected chi connectivity index (χ2v) is 5.82. The van der Waals surface area contributed by atoms with E-state index in [0.717, 1.165) is 10.1 Å². The summed E-state index contributed by atoms with van der Waals surface area (Å²) in [4.78, 5) is 16.8. The number of anilines is 1. The van der Waals surface area contributed by atoms with Crippen molar-refractivity contribution < 1.29 is 9.90 Å². The van der Waals surface area contributed by atoms with E-state index in [1.807, 2.05) is 24.3 Å². The van der Waals surface area contributed by atoms with Gasteiger partial charge in [0.2, 0.25) is 0 Å². The summed E-state index contributed by atoms with van der Waals surface area (Å²) in [7, 11) is 0. The number of halogens is 1. The SMILES string of the molecule is O=C(Nc1cnccc1CO)c1sc2ccccc2c1Cl. The molecule has 0 unspecified atom stereocenters. The van der Waals surface area contributed by atoms with Crippen LogP contribution in [0.1, 0.15) is 15.2 Å². The Morgan fingerprint density at radius 2 is 2.14 bits per heavy atom. The highest BCUT2D eigenvalue weighted by Gasteiger charge is 2.17. The number of pyridine rings is 1. The van der Waals surface area contributed by atoms with Crippen molar-refractivity contribution in [2.24, 2.45) is 0 Å². The molecule has 106 valence electrons. The number of benzene rings is 1. The van der Waals surface area contributed by atoms with Crippen molar-refractivity contribution in [2.45, 2.75) is 6.61 Å². The number of rotatable bonds is 3. The maximum Gasteiger partial charge on any atom is 0.267 e. The van der Waals surface area contributed by atoms with E-state index in [-0.39, 0.29) is 12.5 Å². The van der Waals surface area contributed by atoms with Gasteiger partial charge in [-0.25, -0.2) is 0 Å². The van der Waals surface area contributed by atoms with Gasteiger partial charge < -0.3 is 10.4 Å². The van der Waals surface area contributed by atoms with Gasteiger partial charge in [-0.2, -0.15) is 0 Å². The highest BCUT2D eigenvalue weighted by molar-refractivity contribution is 7.21. The van der Waals surface area contributed by atoms with Crippen LogP contribution in [-0.2, 0) is 6.61 Å². The smallest absolute Gasteiger partial charge is 0.267 e. The number of thiophene rings is 1. The minimum Gasteiger partial charge on any atom is -0.392 e. The molecule has 21 heavy (non-hydrogen) atoms. The Labute approximate surface area is 130 Å². The van der Waals surface area contributed by atoms with E-state index in [9.17, 15) is 9.90 Å². The van der Waals surface area contributed by atoms with Gasteiger partial charge >= 0.3 is 0 Å². The molecule has 3 aromatic rings. The predicted octanol–water partition coefficient (Wildman–Crippen LogP) is 3.69. The van der Waals surface area contributed by atoms with Crippen molar-refractivity contribution >= 4 is 44.6 Å². The minimum atomic E-state index is -0.302. The molecule has 2 aromatic heterocycles. The van der Waals surface area contributed by atoms with Crippen LogP contribution in [0.2, 0.25) is 5.02 Å². The van der Waals surface area contributed by atoms with Crippen LogP contribution in [0.4, 0.5) is 5.69 Å². The molecule has 1 amide bonds. The molecule has 2 N–H and O–H groups in total. The molecule has 0 aliphatic rings. The predicted molar refractivity (Wildman–Crippen MR) is 84.9 cm³/mol. The Morgan fingerprint density at radius 1 is 1.33 bits per heavy atom. The van der Waals surface area contributed by atoms with Crippen LogP contribution in [0.5, 0.6) is 0 Å². The summed E-state index contributed by atoms with van der Waals surface area (Å²) >= 11 is 7.61. The van der Waals surface area contributed by atoms with Crippen LogP contribution in [-0.4, -0.2) is 16.0 Å². The maximum atomic E-state index is 12.4. The Bertz CT molecular complexity index is 816. The number of fused-ring (bicyclic) bond motifs is 1. The lowest BCUT2D eigenvalue weighted by molar-refractivity contribution is 0.103. The summed E-state index contributed by atoms with van der Waals surface area (Å²) in [5.41, 5.74) is 1.09. The summed E-state index contributed by atoms with van der Waals surface area (Å²) in [6.45, 7) is -0.168. The molecule has 0 fully saturated rings. The number of aliphatic hydroxyl groups is 1. The van der Waals surface area contributed by atoms with Crippen LogP contribution in [0.15, 0.2) is 42.7 Å². The van der Waals surface area contributed by atoms with Gasteiger partial charge in [0.15, 0.2) is 0 Å². The first-order chi connectivity index (χ1) is 10.2. The van der Waals surface area contributed by atoms with E-state index >= 15 is 0 Å². The maximum absolute atomic E-state index is 12.4. The summed E-state index contributed by atoms with van der Waals surface area (Å²) in [6, 6.07) is 9.25. The molecular formula is C15H11ClN2O2S. The molecule has 0 bridgehead atoms. The Hall–Kier alpha value is -1.95. The summed E-state index contributed by atoms with van der Waals surface area (Å²) in [5.74, 6) is -0.302. The zero-order valence-corrected chi connectivity index (χ0v) is 12.4. The van der Waals surface area contributed by atoms with Gasteiger partial charge in [0, 0.05) is 21.8 Å². The number of carbonyl (C=O) groups is 1. The number of nitrogens with zero attached hydrogens (tertiary/aromatic N) is 1. The van der Waals surface area contributed by atoms with E-state index < -0.39 is 0 Å². The normalized spacial score (nSPS) is 10.8. The fourth-order valence-electron chi connectivity index (χ4n) is 2.01. The van der Waals surface area contributed by atoms with Crippen molar-refractivity contribution in [3.8, 4) is 0 Å². The zero-order valence-electron chi connectivity index (χ0n) is 10.8. The number of aliphatic hydroxyl groups excluding tert-OH is 1. The molecular weight excluding hydrogens is 308 g/mol. The van der Waals surface area contributed by atoms with Gasteiger partial charge in [-0.1, -0.05) is 29.8 Å². The van der Waals surface area contributed by atoms with Gasteiger partial charge in [-0.05, 0) is 12.1 Å². The average Bonchev–Trinajstić information content (AvgIpc) is 2.85. The molecule has 0 aliphatic heterocycles.